The van der Waals surface area contributed by atoms with E-state index in [9.17, 15) is 13.2 Å². The predicted molar refractivity (Wildman–Crippen MR) is 124 cm³/mol. The van der Waals surface area contributed by atoms with E-state index in [1.807, 2.05) is 39.0 Å². The molecule has 2 aromatic heterocycles. The zero-order valence-electron chi connectivity index (χ0n) is 19.0. The molecule has 0 atom stereocenters. The Balaban J connectivity index is 2.10. The number of hydrogen-bond donors (Lipinski definition) is 0. The monoisotopic (exact) mass is 456 g/mol. The summed E-state index contributed by atoms with van der Waals surface area (Å²) in [5.74, 6) is 0.730. The average molecular weight is 457 g/mol. The molecule has 9 heteroatoms. The van der Waals surface area contributed by atoms with E-state index in [-0.39, 0.29) is 34.7 Å². The Bertz CT molecular complexity index is 1250. The Morgan fingerprint density at radius 1 is 1.03 bits per heavy atom. The fraction of sp³-hybridized carbons (Fsp3) is 0.391. The number of rotatable bonds is 8. The number of para-hydroxylation sites is 1. The van der Waals surface area contributed by atoms with Crippen LogP contribution in [0, 0.1) is 20.8 Å². The van der Waals surface area contributed by atoms with Crippen molar-refractivity contribution in [3.63, 3.8) is 0 Å². The number of unbranched alkanes of at least 4 members (excludes halogenated alkanes) is 1. The highest BCUT2D eigenvalue weighted by Gasteiger charge is 2.19. The molecule has 0 N–H and O–H groups in total. The van der Waals surface area contributed by atoms with Crippen LogP contribution in [0.1, 0.15) is 42.3 Å². The smallest absolute Gasteiger partial charge is 0.325 e. The molecule has 0 unspecified atom stereocenters. The van der Waals surface area contributed by atoms with Crippen LogP contribution in [0.25, 0.3) is 11.4 Å². The minimum atomic E-state index is -3.39. The van der Waals surface area contributed by atoms with Crippen molar-refractivity contribution in [1.29, 1.82) is 0 Å². The normalized spacial score (nSPS) is 11.5. The van der Waals surface area contributed by atoms with E-state index in [2.05, 4.69) is 15.0 Å². The molecule has 3 aromatic rings. The van der Waals surface area contributed by atoms with Crippen molar-refractivity contribution in [3.8, 4) is 23.1 Å². The van der Waals surface area contributed by atoms with E-state index in [0.717, 1.165) is 17.5 Å². The lowest BCUT2D eigenvalue weighted by Gasteiger charge is -2.12. The van der Waals surface area contributed by atoms with Gasteiger partial charge in [0.25, 0.3) is 5.56 Å². The van der Waals surface area contributed by atoms with Crippen molar-refractivity contribution in [1.82, 2.24) is 19.5 Å². The van der Waals surface area contributed by atoms with Gasteiger partial charge in [0, 0.05) is 24.4 Å². The van der Waals surface area contributed by atoms with Crippen molar-refractivity contribution in [2.45, 2.75) is 46.3 Å². The standard InChI is InChI=1S/C23H28N4O4S/c1-6-7-11-32(29,30)14-19-24-21(18-12-17(4)22(28)27(5)13-18)26-23(25-19)31-20-15(2)9-8-10-16(20)3/h8-10,12-13H,6-7,11,14H2,1-5H3. The summed E-state index contributed by atoms with van der Waals surface area (Å²) < 4.78 is 32.5. The van der Waals surface area contributed by atoms with Crippen molar-refractivity contribution in [2.75, 3.05) is 5.75 Å². The number of sulfone groups is 1. The van der Waals surface area contributed by atoms with Crippen LogP contribution in [0.2, 0.25) is 0 Å². The largest absolute Gasteiger partial charge is 0.424 e. The number of ether oxygens (including phenoxy) is 1. The second-order valence-corrected chi connectivity index (χ2v) is 10.1. The zero-order chi connectivity index (χ0) is 23.5. The van der Waals surface area contributed by atoms with Gasteiger partial charge in [-0.15, -0.1) is 0 Å². The minimum absolute atomic E-state index is 0.0135. The first kappa shape index (κ1) is 23.6. The van der Waals surface area contributed by atoms with Crippen LogP contribution >= 0.6 is 0 Å². The van der Waals surface area contributed by atoms with Crippen LogP contribution in [0.5, 0.6) is 11.8 Å². The number of aromatic nitrogens is 4. The van der Waals surface area contributed by atoms with Gasteiger partial charge in [0.15, 0.2) is 21.5 Å². The molecule has 0 fully saturated rings. The third-order valence-corrected chi connectivity index (χ3v) is 6.65. The summed E-state index contributed by atoms with van der Waals surface area (Å²) in [6.45, 7) is 7.47. The molecule has 0 spiro atoms. The molecule has 0 saturated carbocycles. The fourth-order valence-corrected chi connectivity index (χ4v) is 4.72. The summed E-state index contributed by atoms with van der Waals surface area (Å²) in [5.41, 5.74) is 2.78. The second-order valence-electron chi connectivity index (χ2n) is 7.95. The number of benzene rings is 1. The maximum Gasteiger partial charge on any atom is 0.325 e. The first-order valence-electron chi connectivity index (χ1n) is 10.5. The van der Waals surface area contributed by atoms with Crippen molar-refractivity contribution in [2.24, 2.45) is 7.05 Å². The summed E-state index contributed by atoms with van der Waals surface area (Å²) in [6.07, 6.45) is 2.97. The Kier molecular flexibility index (Phi) is 7.08. The third-order valence-electron chi connectivity index (χ3n) is 5.04. The average Bonchev–Trinajstić information content (AvgIpc) is 2.72. The Morgan fingerprint density at radius 3 is 2.34 bits per heavy atom. The van der Waals surface area contributed by atoms with Crippen molar-refractivity contribution < 1.29 is 13.2 Å². The lowest BCUT2D eigenvalue weighted by molar-refractivity contribution is 0.431. The minimum Gasteiger partial charge on any atom is -0.424 e. The van der Waals surface area contributed by atoms with Crippen molar-refractivity contribution in [3.05, 3.63) is 63.3 Å². The van der Waals surface area contributed by atoms with Gasteiger partial charge in [0.2, 0.25) is 0 Å². The van der Waals surface area contributed by atoms with Gasteiger partial charge in [-0.1, -0.05) is 31.5 Å². The predicted octanol–water partition coefficient (Wildman–Crippen LogP) is 3.67. The summed E-state index contributed by atoms with van der Waals surface area (Å²) in [4.78, 5) is 25.2. The molecule has 1 aromatic carbocycles. The van der Waals surface area contributed by atoms with E-state index >= 15 is 0 Å². The Morgan fingerprint density at radius 2 is 1.72 bits per heavy atom. The van der Waals surface area contributed by atoms with Gasteiger partial charge in [-0.2, -0.15) is 9.97 Å². The first-order chi connectivity index (χ1) is 15.1. The van der Waals surface area contributed by atoms with Gasteiger partial charge in [-0.3, -0.25) is 4.79 Å². The molecule has 3 rings (SSSR count). The van der Waals surface area contributed by atoms with Crippen LogP contribution in [0.3, 0.4) is 0 Å². The molecule has 0 aliphatic heterocycles. The third kappa shape index (κ3) is 5.59. The number of aryl methyl sites for hydroxylation is 4. The van der Waals surface area contributed by atoms with Crippen LogP contribution < -0.4 is 10.3 Å². The molecule has 170 valence electrons. The van der Waals surface area contributed by atoms with Gasteiger partial charge >= 0.3 is 6.01 Å². The number of hydrogen-bond acceptors (Lipinski definition) is 7. The molecular formula is C23H28N4O4S. The molecule has 0 aliphatic rings. The fourth-order valence-electron chi connectivity index (χ4n) is 3.32. The maximum absolute atomic E-state index is 12.6. The summed E-state index contributed by atoms with van der Waals surface area (Å²) in [5, 5.41) is 0. The molecule has 0 amide bonds. The van der Waals surface area contributed by atoms with E-state index < -0.39 is 9.84 Å². The Hall–Kier alpha value is -3.07. The molecule has 0 aliphatic carbocycles. The van der Waals surface area contributed by atoms with Crippen LogP contribution in [-0.2, 0) is 22.6 Å². The van der Waals surface area contributed by atoms with E-state index in [1.165, 1.54) is 4.57 Å². The lowest BCUT2D eigenvalue weighted by Crippen LogP contribution is -2.19. The molecular weight excluding hydrogens is 428 g/mol. The SMILES string of the molecule is CCCCS(=O)(=O)Cc1nc(Oc2c(C)cccc2C)nc(-c2cc(C)c(=O)n(C)c2)n1. The van der Waals surface area contributed by atoms with Crippen molar-refractivity contribution >= 4 is 9.84 Å². The quantitative estimate of drug-likeness (QED) is 0.509. The molecule has 0 saturated heterocycles. The first-order valence-corrected chi connectivity index (χ1v) is 12.3. The molecule has 0 radical (unpaired) electrons. The topological polar surface area (TPSA) is 104 Å². The lowest BCUT2D eigenvalue weighted by atomic mass is 10.1. The van der Waals surface area contributed by atoms with Gasteiger partial charge in [0.1, 0.15) is 11.5 Å². The highest BCUT2D eigenvalue weighted by atomic mass is 32.2. The second kappa shape index (κ2) is 9.60. The summed E-state index contributed by atoms with van der Waals surface area (Å²) >= 11 is 0. The Labute approximate surface area is 188 Å². The molecule has 2 heterocycles. The number of pyridine rings is 1. The summed E-state index contributed by atoms with van der Waals surface area (Å²) in [7, 11) is -1.75. The van der Waals surface area contributed by atoms with Crippen LogP contribution in [0.4, 0.5) is 0 Å². The molecule has 8 nitrogen and oxygen atoms in total. The van der Waals surface area contributed by atoms with Gasteiger partial charge in [-0.05, 0) is 44.4 Å². The van der Waals surface area contributed by atoms with E-state index in [0.29, 0.717) is 23.3 Å². The zero-order valence-corrected chi connectivity index (χ0v) is 19.9. The maximum atomic E-state index is 12.6. The highest BCUT2D eigenvalue weighted by molar-refractivity contribution is 7.90. The van der Waals surface area contributed by atoms with Gasteiger partial charge in [-0.25, -0.2) is 13.4 Å². The summed E-state index contributed by atoms with van der Waals surface area (Å²) in [6, 6.07) is 7.44. The van der Waals surface area contributed by atoms with Crippen LogP contribution in [-0.4, -0.2) is 33.7 Å². The van der Waals surface area contributed by atoms with Gasteiger partial charge < -0.3 is 9.30 Å². The highest BCUT2D eigenvalue weighted by Crippen LogP contribution is 2.28. The van der Waals surface area contributed by atoms with Gasteiger partial charge in [0.05, 0.1) is 5.75 Å². The molecule has 0 bridgehead atoms. The molecule has 32 heavy (non-hydrogen) atoms. The number of nitrogens with zero attached hydrogens (tertiary/aromatic N) is 4. The van der Waals surface area contributed by atoms with E-state index in [4.69, 9.17) is 4.74 Å². The van der Waals surface area contributed by atoms with Crippen LogP contribution in [0.15, 0.2) is 35.3 Å². The van der Waals surface area contributed by atoms with E-state index in [1.54, 1.807) is 26.2 Å².